The van der Waals surface area contributed by atoms with Gasteiger partial charge in [-0.3, -0.25) is 4.79 Å². The molecule has 1 aromatic rings. The summed E-state index contributed by atoms with van der Waals surface area (Å²) in [7, 11) is 0. The van der Waals surface area contributed by atoms with E-state index in [4.69, 9.17) is 4.74 Å². The van der Waals surface area contributed by atoms with E-state index in [1.165, 1.54) is 19.3 Å². The number of carbonyl (C=O) groups is 1. The van der Waals surface area contributed by atoms with Crippen LogP contribution in [0.4, 0.5) is 0 Å². The Bertz CT molecular complexity index is 399. The Morgan fingerprint density at radius 2 is 1.89 bits per heavy atom. The van der Waals surface area contributed by atoms with Gasteiger partial charge in [0.2, 0.25) is 0 Å². The van der Waals surface area contributed by atoms with Crippen molar-refractivity contribution in [1.82, 2.24) is 0 Å². The third kappa shape index (κ3) is 5.77. The Hall–Kier alpha value is -1.51. The molecule has 0 spiro atoms. The predicted octanol–water partition coefficient (Wildman–Crippen LogP) is 4.22. The van der Waals surface area contributed by atoms with E-state index in [-0.39, 0.29) is 11.7 Å². The minimum absolute atomic E-state index is 0.191. The molecule has 1 aromatic carbocycles. The van der Waals surface area contributed by atoms with Gasteiger partial charge in [-0.05, 0) is 36.6 Å². The maximum absolute atomic E-state index is 11.6. The summed E-state index contributed by atoms with van der Waals surface area (Å²) in [4.78, 5) is 11.6. The van der Waals surface area contributed by atoms with Gasteiger partial charge in [-0.1, -0.05) is 39.5 Å². The van der Waals surface area contributed by atoms with Crippen molar-refractivity contribution >= 4 is 5.97 Å². The fourth-order valence-electron chi connectivity index (χ4n) is 1.96. The molecule has 0 atom stereocenters. The molecule has 1 N–H and O–H groups in total. The fraction of sp³-hybridized carbons (Fsp3) is 0.562. The van der Waals surface area contributed by atoms with E-state index < -0.39 is 0 Å². The fourth-order valence-corrected chi connectivity index (χ4v) is 1.96. The summed E-state index contributed by atoms with van der Waals surface area (Å²) in [5.74, 6) is 0.583. The van der Waals surface area contributed by atoms with Crippen LogP contribution in [0.2, 0.25) is 0 Å². The molecule has 0 heterocycles. The highest BCUT2D eigenvalue weighted by Gasteiger charge is 2.07. The van der Waals surface area contributed by atoms with Crippen LogP contribution in [-0.2, 0) is 11.2 Å². The quantitative estimate of drug-likeness (QED) is 0.434. The van der Waals surface area contributed by atoms with Crippen molar-refractivity contribution < 1.29 is 14.6 Å². The van der Waals surface area contributed by atoms with Crippen molar-refractivity contribution in [1.29, 1.82) is 0 Å². The third-order valence-corrected chi connectivity index (χ3v) is 3.15. The zero-order valence-electron chi connectivity index (χ0n) is 11.9. The first-order chi connectivity index (χ1) is 9.17. The second kappa shape index (κ2) is 8.57. The van der Waals surface area contributed by atoms with E-state index in [0.717, 1.165) is 18.4 Å². The number of ether oxygens (including phenoxy) is 1. The number of phenols is 1. The van der Waals surface area contributed by atoms with Gasteiger partial charge >= 0.3 is 5.97 Å². The second-order valence-electron chi connectivity index (χ2n) is 4.78. The van der Waals surface area contributed by atoms with E-state index in [1.807, 2.05) is 6.92 Å². The van der Waals surface area contributed by atoms with Crippen molar-refractivity contribution in [2.45, 2.75) is 58.8 Å². The lowest BCUT2D eigenvalue weighted by Crippen LogP contribution is -2.07. The molecular weight excluding hydrogens is 240 g/mol. The van der Waals surface area contributed by atoms with Gasteiger partial charge in [0.05, 0.1) is 0 Å². The summed E-state index contributed by atoms with van der Waals surface area (Å²) in [6, 6.07) is 4.93. The van der Waals surface area contributed by atoms with Crippen LogP contribution < -0.4 is 4.74 Å². The number of rotatable bonds is 8. The van der Waals surface area contributed by atoms with Gasteiger partial charge in [0, 0.05) is 6.42 Å². The monoisotopic (exact) mass is 264 g/mol. The minimum Gasteiger partial charge on any atom is -0.508 e. The Balaban J connectivity index is 2.35. The average Bonchev–Trinajstić information content (AvgIpc) is 2.40. The maximum atomic E-state index is 11.6. The van der Waals surface area contributed by atoms with Gasteiger partial charge in [0.25, 0.3) is 0 Å². The van der Waals surface area contributed by atoms with Crippen LogP contribution in [0.25, 0.3) is 0 Å². The highest BCUT2D eigenvalue weighted by atomic mass is 16.5. The Morgan fingerprint density at radius 3 is 2.58 bits per heavy atom. The molecule has 0 fully saturated rings. The number of unbranched alkanes of at least 4 members (excludes halogenated alkanes) is 4. The van der Waals surface area contributed by atoms with Gasteiger partial charge < -0.3 is 9.84 Å². The van der Waals surface area contributed by atoms with Crippen molar-refractivity contribution in [2.75, 3.05) is 0 Å². The van der Waals surface area contributed by atoms with E-state index in [9.17, 15) is 9.90 Å². The van der Waals surface area contributed by atoms with Crippen LogP contribution in [0.15, 0.2) is 18.2 Å². The highest BCUT2D eigenvalue weighted by Crippen LogP contribution is 2.23. The molecule has 0 saturated carbocycles. The molecule has 0 unspecified atom stereocenters. The van der Waals surface area contributed by atoms with Gasteiger partial charge in [-0.25, -0.2) is 0 Å². The molecule has 3 nitrogen and oxygen atoms in total. The minimum atomic E-state index is -0.191. The van der Waals surface area contributed by atoms with E-state index >= 15 is 0 Å². The summed E-state index contributed by atoms with van der Waals surface area (Å²) >= 11 is 0. The molecule has 0 bridgehead atoms. The maximum Gasteiger partial charge on any atom is 0.311 e. The molecule has 19 heavy (non-hydrogen) atoms. The van der Waals surface area contributed by atoms with Crippen LogP contribution in [0.5, 0.6) is 11.5 Å². The lowest BCUT2D eigenvalue weighted by molar-refractivity contribution is -0.134. The largest absolute Gasteiger partial charge is 0.508 e. The SMILES string of the molecule is CCCCCCCC(=O)Oc1ccc(O)c(CC)c1. The van der Waals surface area contributed by atoms with E-state index in [0.29, 0.717) is 18.6 Å². The first-order valence-corrected chi connectivity index (χ1v) is 7.20. The molecule has 0 aromatic heterocycles. The molecule has 106 valence electrons. The molecular formula is C16H24O3. The van der Waals surface area contributed by atoms with Crippen LogP contribution in [0.1, 0.15) is 57.9 Å². The van der Waals surface area contributed by atoms with Crippen molar-refractivity contribution in [3.8, 4) is 11.5 Å². The van der Waals surface area contributed by atoms with Crippen LogP contribution in [0, 0.1) is 0 Å². The van der Waals surface area contributed by atoms with Gasteiger partial charge in [0.1, 0.15) is 11.5 Å². The number of hydrogen-bond acceptors (Lipinski definition) is 3. The third-order valence-electron chi connectivity index (χ3n) is 3.15. The number of benzene rings is 1. The molecule has 0 aliphatic carbocycles. The number of aryl methyl sites for hydroxylation is 1. The van der Waals surface area contributed by atoms with Crippen LogP contribution in [0.3, 0.4) is 0 Å². The number of phenolic OH excluding ortho intramolecular Hbond substituents is 1. The summed E-state index contributed by atoms with van der Waals surface area (Å²) < 4.78 is 5.27. The van der Waals surface area contributed by atoms with Crippen molar-refractivity contribution in [2.24, 2.45) is 0 Å². The number of aromatic hydroxyl groups is 1. The lowest BCUT2D eigenvalue weighted by atomic mass is 10.1. The zero-order chi connectivity index (χ0) is 14.1. The normalized spacial score (nSPS) is 10.4. The van der Waals surface area contributed by atoms with Gasteiger partial charge in [-0.15, -0.1) is 0 Å². The standard InChI is InChI=1S/C16H24O3/c1-3-5-6-7-8-9-16(18)19-14-10-11-15(17)13(4-2)12-14/h10-12,17H,3-9H2,1-2H3. The Kier molecular flexibility index (Phi) is 7.01. The van der Waals surface area contributed by atoms with E-state index in [2.05, 4.69) is 6.92 Å². The molecule has 0 aliphatic heterocycles. The smallest absolute Gasteiger partial charge is 0.311 e. The predicted molar refractivity (Wildman–Crippen MR) is 76.5 cm³/mol. The first-order valence-electron chi connectivity index (χ1n) is 7.20. The average molecular weight is 264 g/mol. The zero-order valence-corrected chi connectivity index (χ0v) is 11.9. The number of esters is 1. The molecule has 3 heteroatoms. The molecule has 0 aliphatic rings. The summed E-state index contributed by atoms with van der Waals surface area (Å²) in [6.07, 6.45) is 6.77. The molecule has 0 radical (unpaired) electrons. The summed E-state index contributed by atoms with van der Waals surface area (Å²) in [5.41, 5.74) is 0.799. The second-order valence-corrected chi connectivity index (χ2v) is 4.78. The number of hydrogen-bond donors (Lipinski definition) is 1. The Labute approximate surface area is 115 Å². The molecule has 0 amide bonds. The molecule has 1 rings (SSSR count). The lowest BCUT2D eigenvalue weighted by Gasteiger charge is -2.07. The highest BCUT2D eigenvalue weighted by molar-refractivity contribution is 5.72. The van der Waals surface area contributed by atoms with E-state index in [1.54, 1.807) is 18.2 Å². The van der Waals surface area contributed by atoms with Crippen molar-refractivity contribution in [3.63, 3.8) is 0 Å². The Morgan fingerprint density at radius 1 is 1.16 bits per heavy atom. The number of carbonyl (C=O) groups excluding carboxylic acids is 1. The van der Waals surface area contributed by atoms with Gasteiger partial charge in [0.15, 0.2) is 0 Å². The van der Waals surface area contributed by atoms with Gasteiger partial charge in [-0.2, -0.15) is 0 Å². The summed E-state index contributed by atoms with van der Waals surface area (Å²) in [6.45, 7) is 4.12. The topological polar surface area (TPSA) is 46.5 Å². The van der Waals surface area contributed by atoms with Crippen molar-refractivity contribution in [3.05, 3.63) is 23.8 Å². The van der Waals surface area contributed by atoms with Crippen LogP contribution in [-0.4, -0.2) is 11.1 Å². The van der Waals surface area contributed by atoms with Crippen LogP contribution >= 0.6 is 0 Å². The first kappa shape index (κ1) is 15.5. The summed E-state index contributed by atoms with van der Waals surface area (Å²) in [5, 5.41) is 9.55. The molecule has 0 saturated heterocycles.